The standard InChI is InChI=1S/C13H20N2O2/c1-9(10(2)17-3)15-12-6-4-11(5-7-12)8-13(14)16/h4-7,9-10,15H,8H2,1-3H3,(H2,14,16). The largest absolute Gasteiger partial charge is 0.380 e. The van der Waals surface area contributed by atoms with Gasteiger partial charge in [-0.1, -0.05) is 12.1 Å². The summed E-state index contributed by atoms with van der Waals surface area (Å²) in [6, 6.07) is 7.91. The molecule has 1 amide bonds. The zero-order valence-corrected chi connectivity index (χ0v) is 10.6. The molecule has 1 aromatic carbocycles. The van der Waals surface area contributed by atoms with E-state index in [1.165, 1.54) is 0 Å². The molecule has 4 heteroatoms. The van der Waals surface area contributed by atoms with Crippen molar-refractivity contribution in [1.29, 1.82) is 0 Å². The van der Waals surface area contributed by atoms with Gasteiger partial charge in [0.1, 0.15) is 0 Å². The first-order valence-corrected chi connectivity index (χ1v) is 5.69. The number of rotatable bonds is 6. The summed E-state index contributed by atoms with van der Waals surface area (Å²) in [5.74, 6) is -0.313. The molecule has 17 heavy (non-hydrogen) atoms. The van der Waals surface area contributed by atoms with Crippen molar-refractivity contribution in [3.8, 4) is 0 Å². The Kier molecular flexibility index (Phi) is 4.97. The van der Waals surface area contributed by atoms with Gasteiger partial charge in [0.05, 0.1) is 12.5 Å². The average Bonchev–Trinajstić information content (AvgIpc) is 2.30. The van der Waals surface area contributed by atoms with Crippen molar-refractivity contribution in [2.45, 2.75) is 32.4 Å². The predicted molar refractivity (Wildman–Crippen MR) is 68.9 cm³/mol. The lowest BCUT2D eigenvalue weighted by atomic mass is 10.1. The van der Waals surface area contributed by atoms with Crippen LogP contribution in [0.5, 0.6) is 0 Å². The monoisotopic (exact) mass is 236 g/mol. The van der Waals surface area contributed by atoms with Gasteiger partial charge in [-0.05, 0) is 31.5 Å². The number of primary amides is 1. The number of anilines is 1. The van der Waals surface area contributed by atoms with E-state index in [0.717, 1.165) is 11.3 Å². The van der Waals surface area contributed by atoms with Crippen molar-refractivity contribution in [3.63, 3.8) is 0 Å². The Labute approximate surface area is 102 Å². The van der Waals surface area contributed by atoms with Gasteiger partial charge < -0.3 is 15.8 Å². The predicted octanol–water partition coefficient (Wildman–Crippen LogP) is 1.55. The van der Waals surface area contributed by atoms with Gasteiger partial charge in [0.2, 0.25) is 5.91 Å². The molecule has 4 nitrogen and oxygen atoms in total. The van der Waals surface area contributed by atoms with E-state index in [-0.39, 0.29) is 24.5 Å². The highest BCUT2D eigenvalue weighted by Gasteiger charge is 2.10. The van der Waals surface area contributed by atoms with Crippen LogP contribution >= 0.6 is 0 Å². The highest BCUT2D eigenvalue weighted by molar-refractivity contribution is 5.76. The minimum atomic E-state index is -0.313. The molecule has 3 N–H and O–H groups in total. The van der Waals surface area contributed by atoms with E-state index in [4.69, 9.17) is 10.5 Å². The zero-order valence-electron chi connectivity index (χ0n) is 10.6. The van der Waals surface area contributed by atoms with E-state index < -0.39 is 0 Å². The van der Waals surface area contributed by atoms with Gasteiger partial charge in [-0.3, -0.25) is 4.79 Å². The average molecular weight is 236 g/mol. The van der Waals surface area contributed by atoms with E-state index in [0.29, 0.717) is 0 Å². The van der Waals surface area contributed by atoms with Crippen LogP contribution in [0.1, 0.15) is 19.4 Å². The van der Waals surface area contributed by atoms with Gasteiger partial charge in [0.25, 0.3) is 0 Å². The molecule has 0 aliphatic rings. The molecule has 0 aliphatic heterocycles. The first kappa shape index (κ1) is 13.5. The lowest BCUT2D eigenvalue weighted by Gasteiger charge is -2.21. The lowest BCUT2D eigenvalue weighted by Crippen LogP contribution is -2.29. The maximum atomic E-state index is 10.7. The van der Waals surface area contributed by atoms with Crippen LogP contribution in [0.2, 0.25) is 0 Å². The SMILES string of the molecule is COC(C)C(C)Nc1ccc(CC(N)=O)cc1. The Balaban J connectivity index is 2.59. The molecule has 0 saturated heterocycles. The Morgan fingerprint density at radius 2 is 1.94 bits per heavy atom. The topological polar surface area (TPSA) is 64.3 Å². The molecule has 2 atom stereocenters. The fourth-order valence-electron chi connectivity index (χ4n) is 1.50. The second kappa shape index (κ2) is 6.25. The third-order valence-electron chi connectivity index (χ3n) is 2.80. The Hall–Kier alpha value is -1.55. The number of carbonyl (C=O) groups excluding carboxylic acids is 1. The molecule has 0 saturated carbocycles. The second-order valence-corrected chi connectivity index (χ2v) is 4.21. The summed E-state index contributed by atoms with van der Waals surface area (Å²) >= 11 is 0. The molecule has 94 valence electrons. The van der Waals surface area contributed by atoms with Crippen molar-refractivity contribution in [2.24, 2.45) is 5.73 Å². The van der Waals surface area contributed by atoms with Crippen LogP contribution in [0.4, 0.5) is 5.69 Å². The lowest BCUT2D eigenvalue weighted by molar-refractivity contribution is -0.117. The van der Waals surface area contributed by atoms with E-state index in [1.807, 2.05) is 31.2 Å². The maximum absolute atomic E-state index is 10.7. The fraction of sp³-hybridized carbons (Fsp3) is 0.462. The molecule has 1 rings (SSSR count). The number of amides is 1. The summed E-state index contributed by atoms with van der Waals surface area (Å²) in [5.41, 5.74) is 7.07. The van der Waals surface area contributed by atoms with Crippen LogP contribution in [0.15, 0.2) is 24.3 Å². The van der Waals surface area contributed by atoms with E-state index in [1.54, 1.807) is 7.11 Å². The summed E-state index contributed by atoms with van der Waals surface area (Å²) in [7, 11) is 1.69. The van der Waals surface area contributed by atoms with Crippen molar-refractivity contribution >= 4 is 11.6 Å². The van der Waals surface area contributed by atoms with Crippen LogP contribution in [-0.2, 0) is 16.0 Å². The van der Waals surface area contributed by atoms with Crippen molar-refractivity contribution in [3.05, 3.63) is 29.8 Å². The van der Waals surface area contributed by atoms with Crippen LogP contribution in [0.25, 0.3) is 0 Å². The summed E-state index contributed by atoms with van der Waals surface area (Å²) in [5, 5.41) is 3.33. The molecular formula is C13H20N2O2. The molecule has 0 bridgehead atoms. The molecule has 2 unspecified atom stereocenters. The number of benzene rings is 1. The zero-order chi connectivity index (χ0) is 12.8. The van der Waals surface area contributed by atoms with Gasteiger partial charge in [-0.2, -0.15) is 0 Å². The minimum Gasteiger partial charge on any atom is -0.380 e. The first-order valence-electron chi connectivity index (χ1n) is 5.69. The van der Waals surface area contributed by atoms with Crippen LogP contribution in [0, 0.1) is 0 Å². The molecule has 0 radical (unpaired) electrons. The van der Waals surface area contributed by atoms with Gasteiger partial charge in [0, 0.05) is 18.8 Å². The Morgan fingerprint density at radius 1 is 1.35 bits per heavy atom. The fourth-order valence-corrected chi connectivity index (χ4v) is 1.50. The quantitative estimate of drug-likeness (QED) is 0.787. The second-order valence-electron chi connectivity index (χ2n) is 4.21. The van der Waals surface area contributed by atoms with Crippen LogP contribution < -0.4 is 11.1 Å². The highest BCUT2D eigenvalue weighted by atomic mass is 16.5. The molecule has 0 aromatic heterocycles. The van der Waals surface area contributed by atoms with Gasteiger partial charge in [-0.15, -0.1) is 0 Å². The molecule has 1 aromatic rings. The number of ether oxygens (including phenoxy) is 1. The third-order valence-corrected chi connectivity index (χ3v) is 2.80. The molecule has 0 fully saturated rings. The third kappa shape index (κ3) is 4.44. The number of methoxy groups -OCH3 is 1. The Morgan fingerprint density at radius 3 is 2.41 bits per heavy atom. The van der Waals surface area contributed by atoms with Gasteiger partial charge >= 0.3 is 0 Å². The minimum absolute atomic E-state index is 0.139. The summed E-state index contributed by atoms with van der Waals surface area (Å²) in [4.78, 5) is 10.7. The molecular weight excluding hydrogens is 216 g/mol. The smallest absolute Gasteiger partial charge is 0.221 e. The van der Waals surface area contributed by atoms with E-state index in [2.05, 4.69) is 12.2 Å². The van der Waals surface area contributed by atoms with E-state index in [9.17, 15) is 4.79 Å². The first-order chi connectivity index (χ1) is 8.02. The normalized spacial score (nSPS) is 14.1. The number of hydrogen-bond donors (Lipinski definition) is 2. The molecule has 0 spiro atoms. The Bertz CT molecular complexity index is 362. The van der Waals surface area contributed by atoms with Gasteiger partial charge in [0.15, 0.2) is 0 Å². The van der Waals surface area contributed by atoms with Gasteiger partial charge in [-0.25, -0.2) is 0 Å². The van der Waals surface area contributed by atoms with Crippen molar-refractivity contribution < 1.29 is 9.53 Å². The van der Waals surface area contributed by atoms with Crippen LogP contribution in [-0.4, -0.2) is 25.2 Å². The number of nitrogens with one attached hydrogen (secondary N) is 1. The van der Waals surface area contributed by atoms with Crippen molar-refractivity contribution in [1.82, 2.24) is 0 Å². The summed E-state index contributed by atoms with van der Waals surface area (Å²) in [6.07, 6.45) is 0.421. The summed E-state index contributed by atoms with van der Waals surface area (Å²) in [6.45, 7) is 4.07. The van der Waals surface area contributed by atoms with E-state index >= 15 is 0 Å². The number of nitrogens with two attached hydrogens (primary N) is 1. The van der Waals surface area contributed by atoms with Crippen molar-refractivity contribution in [2.75, 3.05) is 12.4 Å². The summed E-state index contributed by atoms with van der Waals surface area (Å²) < 4.78 is 5.24. The highest BCUT2D eigenvalue weighted by Crippen LogP contribution is 2.12. The molecule has 0 heterocycles. The molecule has 0 aliphatic carbocycles. The van der Waals surface area contributed by atoms with Crippen LogP contribution in [0.3, 0.4) is 0 Å². The maximum Gasteiger partial charge on any atom is 0.221 e. The number of hydrogen-bond acceptors (Lipinski definition) is 3. The number of carbonyl (C=O) groups is 1.